The van der Waals surface area contributed by atoms with E-state index in [2.05, 4.69) is 11.9 Å². The third-order valence-corrected chi connectivity index (χ3v) is 3.83. The highest BCUT2D eigenvalue weighted by atomic mass is 19.1. The van der Waals surface area contributed by atoms with Crippen LogP contribution in [0.5, 0.6) is 0 Å². The Morgan fingerprint density at radius 1 is 1.43 bits per heavy atom. The highest BCUT2D eigenvalue weighted by Gasteiger charge is 2.54. The van der Waals surface area contributed by atoms with Crippen molar-refractivity contribution in [3.8, 4) is 0 Å². The van der Waals surface area contributed by atoms with Crippen molar-refractivity contribution in [2.24, 2.45) is 11.7 Å². The number of rotatable bonds is 1. The molecule has 82 valence electrons. The van der Waals surface area contributed by atoms with Crippen LogP contribution in [-0.4, -0.2) is 36.2 Å². The molecule has 14 heavy (non-hydrogen) atoms. The van der Waals surface area contributed by atoms with E-state index in [9.17, 15) is 4.39 Å². The summed E-state index contributed by atoms with van der Waals surface area (Å²) in [5.74, 6) is 0.505. The Morgan fingerprint density at radius 3 is 2.57 bits per heavy atom. The van der Waals surface area contributed by atoms with Gasteiger partial charge in [0.05, 0.1) is 0 Å². The average Bonchev–Trinajstić information content (AvgIpc) is 2.00. The van der Waals surface area contributed by atoms with E-state index < -0.39 is 5.67 Å². The molecule has 1 saturated carbocycles. The molecule has 2 fully saturated rings. The maximum absolute atomic E-state index is 13.5. The molecule has 1 atom stereocenters. The van der Waals surface area contributed by atoms with Crippen LogP contribution in [0.2, 0.25) is 0 Å². The van der Waals surface area contributed by atoms with Crippen LogP contribution in [0.1, 0.15) is 32.6 Å². The molecule has 0 aromatic heterocycles. The summed E-state index contributed by atoms with van der Waals surface area (Å²) >= 11 is 0. The van der Waals surface area contributed by atoms with E-state index in [1.807, 2.05) is 0 Å². The lowest BCUT2D eigenvalue weighted by molar-refractivity contribution is -0.0442. The fourth-order valence-electron chi connectivity index (χ4n) is 3.25. The Labute approximate surface area is 85.6 Å². The zero-order chi connectivity index (χ0) is 10.4. The molecule has 1 aliphatic heterocycles. The van der Waals surface area contributed by atoms with Gasteiger partial charge in [-0.1, -0.05) is 0 Å². The molecule has 3 heteroatoms. The molecule has 2 nitrogen and oxygen atoms in total. The first-order valence-electron chi connectivity index (χ1n) is 5.58. The van der Waals surface area contributed by atoms with Gasteiger partial charge in [0.1, 0.15) is 5.67 Å². The van der Waals surface area contributed by atoms with Crippen LogP contribution < -0.4 is 5.73 Å². The molecule has 0 aromatic carbocycles. The fourth-order valence-corrected chi connectivity index (χ4v) is 3.25. The number of hydrogen-bond donors (Lipinski definition) is 1. The molecular formula is C11H21FN2. The van der Waals surface area contributed by atoms with Crippen molar-refractivity contribution >= 4 is 0 Å². The normalized spacial score (nSPS) is 50.1. The van der Waals surface area contributed by atoms with E-state index in [1.54, 1.807) is 6.92 Å². The summed E-state index contributed by atoms with van der Waals surface area (Å²) < 4.78 is 13.5. The largest absolute Gasteiger partial charge is 0.325 e. The molecular weight excluding hydrogens is 179 g/mol. The maximum atomic E-state index is 13.5. The maximum Gasteiger partial charge on any atom is 0.111 e. The van der Waals surface area contributed by atoms with Crippen molar-refractivity contribution in [1.82, 2.24) is 4.90 Å². The minimum Gasteiger partial charge on any atom is -0.325 e. The predicted molar refractivity (Wildman–Crippen MR) is 55.9 cm³/mol. The van der Waals surface area contributed by atoms with Gasteiger partial charge in [-0.2, -0.15) is 0 Å². The summed E-state index contributed by atoms with van der Waals surface area (Å²) in [6, 6.07) is 0. The second-order valence-corrected chi connectivity index (χ2v) is 5.60. The number of halogens is 1. The van der Waals surface area contributed by atoms with Crippen molar-refractivity contribution < 1.29 is 4.39 Å². The van der Waals surface area contributed by atoms with Gasteiger partial charge in [0.25, 0.3) is 0 Å². The number of alkyl halides is 1. The molecule has 1 heterocycles. The van der Waals surface area contributed by atoms with Crippen molar-refractivity contribution in [3.05, 3.63) is 0 Å². The van der Waals surface area contributed by atoms with E-state index in [1.165, 1.54) is 19.4 Å². The van der Waals surface area contributed by atoms with Crippen LogP contribution >= 0.6 is 0 Å². The zero-order valence-corrected chi connectivity index (χ0v) is 9.22. The van der Waals surface area contributed by atoms with Gasteiger partial charge in [0.15, 0.2) is 0 Å². The van der Waals surface area contributed by atoms with Gasteiger partial charge in [-0.15, -0.1) is 0 Å². The topological polar surface area (TPSA) is 29.3 Å². The molecule has 0 aromatic rings. The number of nitrogens with zero attached hydrogens (tertiary/aromatic N) is 1. The second-order valence-electron chi connectivity index (χ2n) is 5.60. The fraction of sp³-hybridized carbons (Fsp3) is 1.00. The monoisotopic (exact) mass is 200 g/mol. The third-order valence-electron chi connectivity index (χ3n) is 3.83. The lowest BCUT2D eigenvalue weighted by atomic mass is 9.60. The first-order chi connectivity index (χ1) is 6.41. The highest BCUT2D eigenvalue weighted by molar-refractivity contribution is 5.10. The van der Waals surface area contributed by atoms with Crippen molar-refractivity contribution in [1.29, 1.82) is 0 Å². The Balaban J connectivity index is 1.95. The van der Waals surface area contributed by atoms with Crippen LogP contribution in [0.4, 0.5) is 4.39 Å². The van der Waals surface area contributed by atoms with Crippen molar-refractivity contribution in [2.45, 2.75) is 43.8 Å². The van der Waals surface area contributed by atoms with E-state index >= 15 is 0 Å². The van der Waals surface area contributed by atoms with E-state index in [0.717, 1.165) is 6.54 Å². The molecule has 0 radical (unpaired) electrons. The van der Waals surface area contributed by atoms with Crippen LogP contribution in [0, 0.1) is 5.92 Å². The Kier molecular flexibility index (Phi) is 2.35. The summed E-state index contributed by atoms with van der Waals surface area (Å²) in [7, 11) is 2.13. The molecule has 2 N–H and O–H groups in total. The van der Waals surface area contributed by atoms with Crippen molar-refractivity contribution in [2.75, 3.05) is 20.1 Å². The highest BCUT2D eigenvalue weighted by Crippen LogP contribution is 2.48. The van der Waals surface area contributed by atoms with Crippen LogP contribution in [0.15, 0.2) is 0 Å². The summed E-state index contributed by atoms with van der Waals surface area (Å²) in [5, 5.41) is 0. The molecule has 1 unspecified atom stereocenters. The first kappa shape index (κ1) is 10.4. The number of hydrogen-bond acceptors (Lipinski definition) is 2. The van der Waals surface area contributed by atoms with Gasteiger partial charge in [0.2, 0.25) is 0 Å². The van der Waals surface area contributed by atoms with E-state index in [4.69, 9.17) is 5.73 Å². The van der Waals surface area contributed by atoms with Gasteiger partial charge in [-0.05, 0) is 52.1 Å². The number of piperidine rings is 1. The number of likely N-dealkylation sites (tertiary alicyclic amines) is 1. The molecule has 1 aliphatic carbocycles. The predicted octanol–water partition coefficient (Wildman–Crippen LogP) is 1.55. The van der Waals surface area contributed by atoms with Gasteiger partial charge in [-0.3, -0.25) is 0 Å². The molecule has 2 rings (SSSR count). The molecule has 0 bridgehead atoms. The smallest absolute Gasteiger partial charge is 0.111 e. The quantitative estimate of drug-likeness (QED) is 0.696. The third kappa shape index (κ3) is 1.80. The van der Waals surface area contributed by atoms with Gasteiger partial charge >= 0.3 is 0 Å². The average molecular weight is 200 g/mol. The Hall–Kier alpha value is -0.150. The molecule has 0 amide bonds. The molecule has 2 aliphatic rings. The van der Waals surface area contributed by atoms with Crippen LogP contribution in [-0.2, 0) is 0 Å². The number of nitrogens with two attached hydrogens (primary N) is 1. The Morgan fingerprint density at radius 2 is 2.07 bits per heavy atom. The van der Waals surface area contributed by atoms with Crippen LogP contribution in [0.25, 0.3) is 0 Å². The zero-order valence-electron chi connectivity index (χ0n) is 9.22. The summed E-state index contributed by atoms with van der Waals surface area (Å²) in [5.41, 5.74) is 5.04. The van der Waals surface area contributed by atoms with Crippen molar-refractivity contribution in [3.63, 3.8) is 0 Å². The van der Waals surface area contributed by atoms with E-state index in [-0.39, 0.29) is 5.54 Å². The first-order valence-corrected chi connectivity index (χ1v) is 5.58. The van der Waals surface area contributed by atoms with Crippen LogP contribution in [0.3, 0.4) is 0 Å². The Bertz CT molecular complexity index is 219. The lowest BCUT2D eigenvalue weighted by Gasteiger charge is -2.54. The molecule has 0 spiro atoms. The summed E-state index contributed by atoms with van der Waals surface area (Å²) in [6.07, 6.45) is 3.50. The SMILES string of the molecule is CN1CCCC(C2(N)CC(C)(F)C2)C1. The van der Waals surface area contributed by atoms with Gasteiger partial charge < -0.3 is 10.6 Å². The van der Waals surface area contributed by atoms with Gasteiger partial charge in [-0.25, -0.2) is 4.39 Å². The molecule has 1 saturated heterocycles. The van der Waals surface area contributed by atoms with Gasteiger partial charge in [0, 0.05) is 12.1 Å². The summed E-state index contributed by atoms with van der Waals surface area (Å²) in [4.78, 5) is 2.32. The lowest BCUT2D eigenvalue weighted by Crippen LogP contribution is -2.65. The minimum atomic E-state index is -0.995. The minimum absolute atomic E-state index is 0.210. The van der Waals surface area contributed by atoms with E-state index in [0.29, 0.717) is 18.8 Å². The second kappa shape index (κ2) is 3.17. The standard InChI is InChI=1S/C11H21FN2/c1-10(12)7-11(13,8-10)9-4-3-5-14(2)6-9/h9H,3-8,13H2,1-2H3. The summed E-state index contributed by atoms with van der Waals surface area (Å²) in [6.45, 7) is 3.89.